The number of benzene rings is 2. The zero-order chi connectivity index (χ0) is 12.7. The third-order valence-electron chi connectivity index (χ3n) is 2.89. The molecule has 5 heteroatoms. The van der Waals surface area contributed by atoms with E-state index in [1.807, 2.05) is 0 Å². The van der Waals surface area contributed by atoms with Gasteiger partial charge in [0.25, 0.3) is 11.0 Å². The first-order chi connectivity index (χ1) is 8.72. The van der Waals surface area contributed by atoms with Gasteiger partial charge in [0, 0.05) is 22.6 Å². The highest BCUT2D eigenvalue weighted by Crippen LogP contribution is 2.17. The van der Waals surface area contributed by atoms with Crippen molar-refractivity contribution in [1.82, 2.24) is 4.73 Å². The minimum Gasteiger partial charge on any atom is -0.805 e. The van der Waals surface area contributed by atoms with E-state index in [0.717, 1.165) is 0 Å². The van der Waals surface area contributed by atoms with Gasteiger partial charge in [-0.05, 0) is 18.2 Å². The van der Waals surface area contributed by atoms with Gasteiger partial charge in [-0.2, -0.15) is 0 Å². The van der Waals surface area contributed by atoms with Gasteiger partial charge in [0.1, 0.15) is 17.3 Å². The molecule has 0 atom stereocenters. The van der Waals surface area contributed by atoms with Gasteiger partial charge in [0.05, 0.1) is 4.43 Å². The summed E-state index contributed by atoms with van der Waals surface area (Å²) < 4.78 is 1.37. The van der Waals surface area contributed by atoms with Crippen LogP contribution in [-0.2, 0) is 0 Å². The first-order valence-corrected chi connectivity index (χ1v) is 5.35. The van der Waals surface area contributed by atoms with Crippen LogP contribution in [-0.4, -0.2) is 11.0 Å². The molecule has 1 heterocycles. The summed E-state index contributed by atoms with van der Waals surface area (Å²) in [5.74, 6) is 0. The van der Waals surface area contributed by atoms with Crippen molar-refractivity contribution in [1.29, 1.82) is 0 Å². The van der Waals surface area contributed by atoms with Gasteiger partial charge in [0.2, 0.25) is 0 Å². The summed E-state index contributed by atoms with van der Waals surface area (Å²) >= 11 is 0. The van der Waals surface area contributed by atoms with Crippen LogP contribution < -0.4 is 4.43 Å². The van der Waals surface area contributed by atoms with E-state index in [9.17, 15) is 14.9 Å². The highest BCUT2D eigenvalue weighted by molar-refractivity contribution is 5.87. The Kier molecular flexibility index (Phi) is 2.13. The van der Waals surface area contributed by atoms with Crippen LogP contribution in [0.1, 0.15) is 10.4 Å². The fraction of sp³-hybridized carbons (Fsp3) is 0. The van der Waals surface area contributed by atoms with Crippen molar-refractivity contribution < 1.29 is 9.22 Å². The number of nitrogens with zero attached hydrogens (tertiary/aromatic N) is 2. The number of rotatable bonds is 1. The molecule has 88 valence electrons. The molecule has 0 aliphatic carbocycles. The largest absolute Gasteiger partial charge is 0.805 e. The van der Waals surface area contributed by atoms with Gasteiger partial charge in [-0.3, -0.25) is 4.79 Å². The Balaban J connectivity index is 2.62. The molecule has 0 N–H and O–H groups in total. The minimum atomic E-state index is 0.188. The minimum absolute atomic E-state index is 0.188. The molecule has 5 nitrogen and oxygen atoms in total. The lowest BCUT2D eigenvalue weighted by atomic mass is 10.2. The van der Waals surface area contributed by atoms with Crippen molar-refractivity contribution in [2.75, 3.05) is 0 Å². The van der Waals surface area contributed by atoms with Crippen LogP contribution in [0.15, 0.2) is 42.5 Å². The average Bonchev–Trinajstić information content (AvgIpc) is 2.44. The van der Waals surface area contributed by atoms with Crippen LogP contribution >= 0.6 is 0 Å². The predicted octanol–water partition coefficient (Wildman–Crippen LogP) is 1.87. The van der Waals surface area contributed by atoms with E-state index in [-0.39, 0.29) is 16.6 Å². The van der Waals surface area contributed by atoms with Crippen molar-refractivity contribution in [3.63, 3.8) is 0 Å². The zero-order valence-electron chi connectivity index (χ0n) is 9.24. The first kappa shape index (κ1) is 10.5. The predicted molar refractivity (Wildman–Crippen MR) is 67.0 cm³/mol. The second kappa shape index (κ2) is 3.66. The zero-order valence-corrected chi connectivity index (χ0v) is 9.24. The van der Waals surface area contributed by atoms with E-state index in [1.54, 1.807) is 24.3 Å². The molecule has 18 heavy (non-hydrogen) atoms. The SMILES string of the molecule is O=Cc1ccc2c(c1)n([O-])c1ccccc1[n+]2=O. The van der Waals surface area contributed by atoms with E-state index >= 15 is 0 Å². The Morgan fingerprint density at radius 1 is 1.06 bits per heavy atom. The van der Waals surface area contributed by atoms with E-state index in [2.05, 4.69) is 0 Å². The number of fused-ring (bicyclic) bond motifs is 2. The van der Waals surface area contributed by atoms with E-state index < -0.39 is 0 Å². The maximum absolute atomic E-state index is 12.2. The van der Waals surface area contributed by atoms with Crippen LogP contribution in [0.3, 0.4) is 0 Å². The Labute approximate surface area is 101 Å². The summed E-state index contributed by atoms with van der Waals surface area (Å²) in [5.41, 5.74) is 1.38. The summed E-state index contributed by atoms with van der Waals surface area (Å²) in [6.45, 7) is 0. The number of hydrogen-bond donors (Lipinski definition) is 0. The molecule has 0 spiro atoms. The Morgan fingerprint density at radius 3 is 2.56 bits per heavy atom. The Hall–Kier alpha value is -2.69. The van der Waals surface area contributed by atoms with Crippen molar-refractivity contribution >= 4 is 28.4 Å². The number of hydrogen-bond acceptors (Lipinski definition) is 3. The normalized spacial score (nSPS) is 10.9. The summed E-state index contributed by atoms with van der Waals surface area (Å²) in [6.07, 6.45) is 0.643. The van der Waals surface area contributed by atoms with Crippen LogP contribution in [0.4, 0.5) is 0 Å². The standard InChI is InChI=1S/C13H8N2O3/c16-8-9-5-6-12-13(7-9)15(18)11-4-2-1-3-10(11)14(12)17/h1-8H. The van der Waals surface area contributed by atoms with Crippen molar-refractivity contribution in [3.05, 3.63) is 58.1 Å². The summed E-state index contributed by atoms with van der Waals surface area (Å²) in [7, 11) is 0. The fourth-order valence-electron chi connectivity index (χ4n) is 2.02. The molecule has 0 saturated carbocycles. The number of para-hydroxylation sites is 2. The quantitative estimate of drug-likeness (QED) is 0.370. The molecule has 0 radical (unpaired) electrons. The molecule has 0 fully saturated rings. The summed E-state index contributed by atoms with van der Waals surface area (Å²) in [4.78, 5) is 22.8. The molecule has 2 aromatic carbocycles. The molecule has 0 bridgehead atoms. The molecular weight excluding hydrogens is 232 g/mol. The maximum atomic E-state index is 12.2. The monoisotopic (exact) mass is 240 g/mol. The lowest BCUT2D eigenvalue weighted by Crippen LogP contribution is -2.19. The van der Waals surface area contributed by atoms with Gasteiger partial charge in [-0.15, -0.1) is 0 Å². The third kappa shape index (κ3) is 1.31. The molecule has 3 rings (SSSR count). The average molecular weight is 240 g/mol. The summed E-state index contributed by atoms with van der Waals surface area (Å²) in [6, 6.07) is 10.9. The maximum Gasteiger partial charge on any atom is 0.286 e. The van der Waals surface area contributed by atoms with Crippen molar-refractivity contribution in [2.24, 2.45) is 0 Å². The van der Waals surface area contributed by atoms with Crippen LogP contribution in [0.2, 0.25) is 0 Å². The molecule has 0 amide bonds. The number of carbonyl (C=O) groups is 1. The lowest BCUT2D eigenvalue weighted by Gasteiger charge is -2.13. The van der Waals surface area contributed by atoms with E-state index in [0.29, 0.717) is 26.5 Å². The van der Waals surface area contributed by atoms with Gasteiger partial charge >= 0.3 is 0 Å². The molecular formula is C13H8N2O3. The number of aldehydes is 1. The lowest BCUT2D eigenvalue weighted by molar-refractivity contribution is -0.432. The first-order valence-electron chi connectivity index (χ1n) is 5.35. The van der Waals surface area contributed by atoms with Crippen molar-refractivity contribution in [3.8, 4) is 0 Å². The molecule has 0 aliphatic heterocycles. The second-order valence-corrected chi connectivity index (χ2v) is 3.94. The summed E-state index contributed by atoms with van der Waals surface area (Å²) in [5, 5.41) is 12.2. The van der Waals surface area contributed by atoms with Crippen LogP contribution in [0, 0.1) is 10.1 Å². The van der Waals surface area contributed by atoms with Crippen LogP contribution in [0.25, 0.3) is 22.1 Å². The van der Waals surface area contributed by atoms with E-state index in [1.165, 1.54) is 18.2 Å². The highest BCUT2D eigenvalue weighted by Gasteiger charge is 2.14. The van der Waals surface area contributed by atoms with Gasteiger partial charge < -0.3 is 9.94 Å². The molecule has 0 unspecified atom stereocenters. The van der Waals surface area contributed by atoms with Gasteiger partial charge in [-0.1, -0.05) is 12.1 Å². The van der Waals surface area contributed by atoms with Gasteiger partial charge in [0.15, 0.2) is 0 Å². The Morgan fingerprint density at radius 2 is 1.78 bits per heavy atom. The number of carbonyl (C=O) groups excluding carboxylic acids is 1. The van der Waals surface area contributed by atoms with Crippen LogP contribution in [0.5, 0.6) is 0 Å². The van der Waals surface area contributed by atoms with E-state index in [4.69, 9.17) is 0 Å². The second-order valence-electron chi connectivity index (χ2n) is 3.94. The smallest absolute Gasteiger partial charge is 0.286 e. The fourth-order valence-corrected chi connectivity index (χ4v) is 2.02. The van der Waals surface area contributed by atoms with Crippen molar-refractivity contribution in [2.45, 2.75) is 0 Å². The third-order valence-corrected chi connectivity index (χ3v) is 2.89. The van der Waals surface area contributed by atoms with Gasteiger partial charge in [-0.25, -0.2) is 0 Å². The Bertz CT molecular complexity index is 837. The molecule has 0 aliphatic rings. The molecule has 3 aromatic rings. The molecule has 0 saturated heterocycles. The molecule has 1 aromatic heterocycles. The topological polar surface area (TPSA) is 68.0 Å². The highest BCUT2D eigenvalue weighted by atomic mass is 16.5. The number of aromatic nitrogens is 2.